The van der Waals surface area contributed by atoms with Crippen molar-refractivity contribution in [2.24, 2.45) is 11.8 Å². The van der Waals surface area contributed by atoms with Gasteiger partial charge in [-0.25, -0.2) is 0 Å². The zero-order valence-corrected chi connectivity index (χ0v) is 18.0. The summed E-state index contributed by atoms with van der Waals surface area (Å²) in [5, 5.41) is 0.104. The largest absolute Gasteiger partial charge is 0.339 e. The van der Waals surface area contributed by atoms with Gasteiger partial charge in [-0.3, -0.25) is 9.59 Å². The summed E-state index contributed by atoms with van der Waals surface area (Å²) < 4.78 is 0. The molecule has 0 saturated carbocycles. The lowest BCUT2D eigenvalue weighted by Crippen LogP contribution is -2.39. The molecule has 0 saturated heterocycles. The monoisotopic (exact) mass is 397 g/mol. The molecule has 3 rings (SSSR count). The Hall–Kier alpha value is -2.13. The summed E-state index contributed by atoms with van der Waals surface area (Å²) in [4.78, 5) is 25.8. The number of benzene rings is 1. The first-order chi connectivity index (χ1) is 13.2. The summed E-state index contributed by atoms with van der Waals surface area (Å²) in [7, 11) is 0. The molecule has 0 aromatic heterocycles. The van der Waals surface area contributed by atoms with E-state index in [9.17, 15) is 9.59 Å². The highest BCUT2D eigenvalue weighted by Crippen LogP contribution is 2.36. The van der Waals surface area contributed by atoms with Crippen molar-refractivity contribution >= 4 is 17.3 Å². The molecule has 2 aromatic carbocycles. The molecule has 1 aliphatic rings. The number of hydrogen-bond acceptors (Lipinski definition) is 3. The van der Waals surface area contributed by atoms with E-state index in [4.69, 9.17) is 11.6 Å². The van der Waals surface area contributed by atoms with Crippen molar-refractivity contribution < 1.29 is 0 Å². The fourth-order valence-electron chi connectivity index (χ4n) is 4.16. The number of nitrogens with zero attached hydrogens (tertiary/aromatic N) is 1. The molecule has 4 heteroatoms. The van der Waals surface area contributed by atoms with Crippen LogP contribution in [0.1, 0.15) is 51.2 Å². The van der Waals surface area contributed by atoms with Gasteiger partial charge in [0.2, 0.25) is 10.9 Å². The molecule has 3 nitrogen and oxygen atoms in total. The van der Waals surface area contributed by atoms with Gasteiger partial charge in [0.15, 0.2) is 0 Å². The van der Waals surface area contributed by atoms with Crippen LogP contribution in [-0.2, 0) is 0 Å². The van der Waals surface area contributed by atoms with Crippen LogP contribution >= 0.6 is 11.6 Å². The van der Waals surface area contributed by atoms with E-state index < -0.39 is 10.9 Å². The molecule has 0 bridgehead atoms. The molecule has 3 atom stereocenters. The van der Waals surface area contributed by atoms with Crippen LogP contribution in [0, 0.1) is 18.8 Å². The van der Waals surface area contributed by atoms with E-state index in [0.717, 1.165) is 17.8 Å². The molecule has 0 spiro atoms. The lowest BCUT2D eigenvalue weighted by atomic mass is 9.81. The minimum Gasteiger partial charge on any atom is -0.339 e. The van der Waals surface area contributed by atoms with Crippen LogP contribution in [0.2, 0.25) is 5.02 Å². The Bertz CT molecular complexity index is 977. The number of halogens is 1. The lowest BCUT2D eigenvalue weighted by Gasteiger charge is -2.36. The topological polar surface area (TPSA) is 37.4 Å². The van der Waals surface area contributed by atoms with E-state index >= 15 is 0 Å². The molecule has 0 radical (unpaired) electrons. The predicted octanol–water partition coefficient (Wildman–Crippen LogP) is 5.36. The summed E-state index contributed by atoms with van der Waals surface area (Å²) in [6, 6.07) is 8.91. The molecule has 148 valence electrons. The van der Waals surface area contributed by atoms with Gasteiger partial charge < -0.3 is 4.90 Å². The van der Waals surface area contributed by atoms with Gasteiger partial charge >= 0.3 is 0 Å². The van der Waals surface area contributed by atoms with E-state index in [2.05, 4.69) is 75.9 Å². The van der Waals surface area contributed by atoms with Gasteiger partial charge in [-0.2, -0.15) is 0 Å². The molecular weight excluding hydrogens is 370 g/mol. The third kappa shape index (κ3) is 3.86. The SMILES string of the molecule is Cc1ccc(N(C2=CC(C)C(c3c(Cl)c(=O)c3=O)C=C2)C(C)CC(C)C)cc1. The van der Waals surface area contributed by atoms with Gasteiger partial charge in [0.05, 0.1) is 5.02 Å². The molecule has 2 aromatic rings. The Morgan fingerprint density at radius 1 is 1.07 bits per heavy atom. The van der Waals surface area contributed by atoms with E-state index in [1.54, 1.807) is 0 Å². The van der Waals surface area contributed by atoms with Crippen LogP contribution in [0.4, 0.5) is 5.69 Å². The normalized spacial score (nSPS) is 20.5. The molecule has 0 fully saturated rings. The second-order valence-electron chi connectivity index (χ2n) is 8.41. The van der Waals surface area contributed by atoms with Crippen molar-refractivity contribution in [2.75, 3.05) is 4.90 Å². The molecule has 28 heavy (non-hydrogen) atoms. The van der Waals surface area contributed by atoms with Crippen LogP contribution in [0.5, 0.6) is 0 Å². The van der Waals surface area contributed by atoms with Crippen molar-refractivity contribution in [2.45, 2.75) is 53.0 Å². The number of hydrogen-bond donors (Lipinski definition) is 0. The quantitative estimate of drug-likeness (QED) is 0.616. The summed E-state index contributed by atoms with van der Waals surface area (Å²) in [5.74, 6) is 0.533. The minimum absolute atomic E-state index is 0.0833. The molecule has 0 amide bonds. The third-order valence-electron chi connectivity index (χ3n) is 5.54. The van der Waals surface area contributed by atoms with Gasteiger partial charge in [0.25, 0.3) is 0 Å². The molecule has 0 heterocycles. The number of aryl methyl sites for hydroxylation is 1. The number of allylic oxidation sites excluding steroid dienone is 3. The van der Waals surface area contributed by atoms with Gasteiger partial charge in [0, 0.05) is 28.9 Å². The van der Waals surface area contributed by atoms with E-state index in [1.807, 2.05) is 6.08 Å². The Kier molecular flexibility index (Phi) is 5.95. The van der Waals surface area contributed by atoms with Crippen molar-refractivity contribution in [1.29, 1.82) is 0 Å². The molecule has 0 N–H and O–H groups in total. The Balaban J connectivity index is 1.94. The van der Waals surface area contributed by atoms with Gasteiger partial charge in [-0.1, -0.05) is 62.2 Å². The highest BCUT2D eigenvalue weighted by Gasteiger charge is 2.31. The fourth-order valence-corrected chi connectivity index (χ4v) is 4.45. The standard InChI is InChI=1S/C24H28ClNO2/c1-14(2)12-17(5)26(18-8-6-15(3)7-9-18)19-10-11-20(16(4)13-19)21-22(25)24(28)23(21)27/h6-11,13-14,16-17,20H,12H2,1-5H3. The first kappa shape index (κ1) is 20.6. The van der Waals surface area contributed by atoms with Crippen LogP contribution in [0.15, 0.2) is 57.8 Å². The maximum Gasteiger partial charge on any atom is 0.245 e. The first-order valence-corrected chi connectivity index (χ1v) is 10.3. The summed E-state index contributed by atoms with van der Waals surface area (Å²) in [6.07, 6.45) is 7.34. The van der Waals surface area contributed by atoms with Crippen LogP contribution in [0.3, 0.4) is 0 Å². The average Bonchev–Trinajstić information content (AvgIpc) is 2.64. The first-order valence-electron chi connectivity index (χ1n) is 9.95. The smallest absolute Gasteiger partial charge is 0.245 e. The van der Waals surface area contributed by atoms with E-state index in [1.165, 1.54) is 5.56 Å². The van der Waals surface area contributed by atoms with Crippen LogP contribution in [0.25, 0.3) is 0 Å². The third-order valence-corrected chi connectivity index (χ3v) is 5.91. The van der Waals surface area contributed by atoms with Gasteiger partial charge in [-0.15, -0.1) is 0 Å². The minimum atomic E-state index is -0.557. The Morgan fingerprint density at radius 2 is 1.71 bits per heavy atom. The lowest BCUT2D eigenvalue weighted by molar-refractivity contribution is 0.504. The zero-order chi connectivity index (χ0) is 20.6. The second kappa shape index (κ2) is 8.08. The second-order valence-corrected chi connectivity index (χ2v) is 8.78. The maximum absolute atomic E-state index is 12.0. The fraction of sp³-hybridized carbons (Fsp3) is 0.417. The van der Waals surface area contributed by atoms with Crippen LogP contribution < -0.4 is 15.8 Å². The number of anilines is 1. The van der Waals surface area contributed by atoms with Gasteiger partial charge in [-0.05, 0) is 50.3 Å². The molecule has 0 aliphatic heterocycles. The molecular formula is C24H28ClNO2. The van der Waals surface area contributed by atoms with Crippen LogP contribution in [-0.4, -0.2) is 6.04 Å². The summed E-state index contributed by atoms with van der Waals surface area (Å²) >= 11 is 6.02. The van der Waals surface area contributed by atoms with E-state index in [-0.39, 0.29) is 16.9 Å². The Morgan fingerprint density at radius 3 is 2.25 bits per heavy atom. The van der Waals surface area contributed by atoms with Crippen molar-refractivity contribution in [1.82, 2.24) is 0 Å². The summed E-state index contributed by atoms with van der Waals surface area (Å²) in [6.45, 7) is 10.9. The van der Waals surface area contributed by atoms with Crippen molar-refractivity contribution in [3.05, 3.63) is 84.8 Å². The Labute approximate surface area is 172 Å². The van der Waals surface area contributed by atoms with E-state index in [0.29, 0.717) is 17.5 Å². The molecule has 1 aliphatic carbocycles. The van der Waals surface area contributed by atoms with Crippen molar-refractivity contribution in [3.63, 3.8) is 0 Å². The predicted molar refractivity (Wildman–Crippen MR) is 118 cm³/mol. The molecule has 3 unspecified atom stereocenters. The highest BCUT2D eigenvalue weighted by molar-refractivity contribution is 6.32. The van der Waals surface area contributed by atoms with Crippen molar-refractivity contribution in [3.8, 4) is 0 Å². The summed E-state index contributed by atoms with van der Waals surface area (Å²) in [5.41, 5.74) is 2.98. The van der Waals surface area contributed by atoms with Gasteiger partial charge in [0.1, 0.15) is 0 Å². The number of rotatable bonds is 6. The average molecular weight is 398 g/mol. The maximum atomic E-state index is 12.0. The highest BCUT2D eigenvalue weighted by atomic mass is 35.5. The zero-order valence-electron chi connectivity index (χ0n) is 17.2.